The summed E-state index contributed by atoms with van der Waals surface area (Å²) in [6.07, 6.45) is 1.89. The van der Waals surface area contributed by atoms with Crippen LogP contribution >= 0.6 is 0 Å². The van der Waals surface area contributed by atoms with E-state index in [0.717, 1.165) is 33.6 Å². The highest BCUT2D eigenvalue weighted by atomic mass is 15.3. The zero-order chi connectivity index (χ0) is 15.0. The molecule has 0 aliphatic rings. The Bertz CT molecular complexity index is 847. The number of aromatic nitrogens is 3. The molecule has 0 spiro atoms. The molecule has 0 atom stereocenters. The van der Waals surface area contributed by atoms with E-state index in [9.17, 15) is 0 Å². The third kappa shape index (κ3) is 2.24. The molecular weight excluding hydrogens is 264 g/mol. The number of benzene rings is 1. The first-order valence-electron chi connectivity index (χ1n) is 6.62. The molecule has 0 saturated carbocycles. The Morgan fingerprint density at radius 1 is 1.19 bits per heavy atom. The van der Waals surface area contributed by atoms with Gasteiger partial charge in [0.15, 0.2) is 0 Å². The normalized spacial score (nSPS) is 11.6. The second-order valence-corrected chi connectivity index (χ2v) is 4.88. The van der Waals surface area contributed by atoms with E-state index < -0.39 is 0 Å². The highest BCUT2D eigenvalue weighted by Gasteiger charge is 2.11. The summed E-state index contributed by atoms with van der Waals surface area (Å²) in [4.78, 5) is 4.24. The Morgan fingerprint density at radius 2 is 2.00 bits per heavy atom. The minimum Gasteiger partial charge on any atom is -0.367 e. The number of aryl methyl sites for hydroxylation is 2. The van der Waals surface area contributed by atoms with E-state index in [1.807, 2.05) is 38.2 Å². The van der Waals surface area contributed by atoms with Gasteiger partial charge in [0.05, 0.1) is 16.9 Å². The number of anilines is 1. The van der Waals surface area contributed by atoms with Crippen LogP contribution < -0.4 is 5.73 Å². The fourth-order valence-electron chi connectivity index (χ4n) is 2.50. The quantitative estimate of drug-likeness (QED) is 0.731. The van der Waals surface area contributed by atoms with Crippen molar-refractivity contribution in [2.75, 3.05) is 12.8 Å². The lowest BCUT2D eigenvalue weighted by Gasteiger charge is -2.06. The number of hydrogen-bond donors (Lipinski definition) is 1. The Labute approximate surface area is 122 Å². The zero-order valence-electron chi connectivity index (χ0n) is 12.2. The van der Waals surface area contributed by atoms with Gasteiger partial charge >= 0.3 is 0 Å². The van der Waals surface area contributed by atoms with E-state index in [2.05, 4.69) is 26.4 Å². The predicted molar refractivity (Wildman–Crippen MR) is 82.7 cm³/mol. The predicted octanol–water partition coefficient (Wildman–Crippen LogP) is 3.31. The highest BCUT2D eigenvalue weighted by Crippen LogP contribution is 2.30. The first-order valence-corrected chi connectivity index (χ1v) is 6.62. The van der Waals surface area contributed by atoms with Crippen LogP contribution in [0.25, 0.3) is 16.6 Å². The average molecular weight is 280 g/mol. The molecule has 21 heavy (non-hydrogen) atoms. The lowest BCUT2D eigenvalue weighted by molar-refractivity contribution is 0.902. The van der Waals surface area contributed by atoms with Crippen LogP contribution in [0.4, 0.5) is 11.6 Å². The molecule has 0 saturated heterocycles. The maximum atomic E-state index is 5.68. The molecule has 0 amide bonds. The average Bonchev–Trinajstić information content (AvgIpc) is 2.85. The van der Waals surface area contributed by atoms with Crippen molar-refractivity contribution in [2.24, 2.45) is 10.2 Å². The molecule has 0 bridgehead atoms. The number of nitrogen functional groups attached to an aromatic ring is 1. The molecule has 0 radical (unpaired) electrons. The molecule has 106 valence electrons. The van der Waals surface area contributed by atoms with Gasteiger partial charge in [-0.3, -0.25) is 0 Å². The second kappa shape index (κ2) is 4.97. The molecule has 2 N–H and O–H groups in total. The summed E-state index contributed by atoms with van der Waals surface area (Å²) in [7, 11) is 1.67. The van der Waals surface area contributed by atoms with Crippen LogP contribution in [0.3, 0.4) is 0 Å². The second-order valence-electron chi connectivity index (χ2n) is 4.88. The molecule has 6 heteroatoms. The standard InChI is InChI=1S/C15H16N6/c1-9-8-11(4-5-13(9)19-17-3)12-6-7-21-14(12)10(2)18-15(16)20-21/h4-8H,1-3H3,(H2,16,20). The molecule has 2 aromatic heterocycles. The number of rotatable bonds is 2. The van der Waals surface area contributed by atoms with Gasteiger partial charge < -0.3 is 5.73 Å². The third-order valence-corrected chi connectivity index (χ3v) is 3.42. The monoisotopic (exact) mass is 280 g/mol. The minimum absolute atomic E-state index is 0.275. The van der Waals surface area contributed by atoms with Gasteiger partial charge in [0.1, 0.15) is 0 Å². The summed E-state index contributed by atoms with van der Waals surface area (Å²) in [6.45, 7) is 3.95. The van der Waals surface area contributed by atoms with Gasteiger partial charge in [-0.1, -0.05) is 6.07 Å². The van der Waals surface area contributed by atoms with Gasteiger partial charge in [-0.15, -0.1) is 5.10 Å². The van der Waals surface area contributed by atoms with Crippen molar-refractivity contribution in [1.82, 2.24) is 14.6 Å². The van der Waals surface area contributed by atoms with E-state index in [4.69, 9.17) is 5.73 Å². The van der Waals surface area contributed by atoms with Gasteiger partial charge in [-0.2, -0.15) is 10.2 Å². The minimum atomic E-state index is 0.275. The van der Waals surface area contributed by atoms with E-state index in [-0.39, 0.29) is 5.95 Å². The molecular formula is C15H16N6. The number of fused-ring (bicyclic) bond motifs is 1. The Balaban J connectivity index is 2.19. The molecule has 0 aliphatic carbocycles. The first-order chi connectivity index (χ1) is 10.1. The van der Waals surface area contributed by atoms with Gasteiger partial charge in [-0.05, 0) is 43.2 Å². The Hall–Kier alpha value is -2.76. The molecule has 1 aromatic carbocycles. The van der Waals surface area contributed by atoms with Crippen molar-refractivity contribution < 1.29 is 0 Å². The van der Waals surface area contributed by atoms with Crippen LogP contribution in [0, 0.1) is 13.8 Å². The molecule has 0 unspecified atom stereocenters. The number of nitrogens with zero attached hydrogens (tertiary/aromatic N) is 5. The third-order valence-electron chi connectivity index (χ3n) is 3.42. The Kier molecular flexibility index (Phi) is 3.13. The van der Waals surface area contributed by atoms with Crippen LogP contribution in [-0.4, -0.2) is 21.6 Å². The molecule has 2 heterocycles. The first kappa shape index (κ1) is 13.2. The summed E-state index contributed by atoms with van der Waals surface area (Å²) in [5, 5.41) is 12.1. The smallest absolute Gasteiger partial charge is 0.238 e. The molecule has 0 fully saturated rings. The van der Waals surface area contributed by atoms with Crippen LogP contribution in [-0.2, 0) is 0 Å². The summed E-state index contributed by atoms with van der Waals surface area (Å²) in [5.74, 6) is 0.275. The van der Waals surface area contributed by atoms with Crippen LogP contribution in [0.5, 0.6) is 0 Å². The van der Waals surface area contributed by atoms with Gasteiger partial charge in [-0.25, -0.2) is 9.50 Å². The molecule has 3 rings (SSSR count). The number of azo groups is 1. The van der Waals surface area contributed by atoms with Gasteiger partial charge in [0, 0.05) is 18.8 Å². The molecule has 0 aliphatic heterocycles. The fourth-order valence-corrected chi connectivity index (χ4v) is 2.50. The van der Waals surface area contributed by atoms with Crippen LogP contribution in [0.15, 0.2) is 40.7 Å². The summed E-state index contributed by atoms with van der Waals surface area (Å²) in [6, 6.07) is 8.11. The molecule has 3 aromatic rings. The maximum Gasteiger partial charge on any atom is 0.238 e. The highest BCUT2D eigenvalue weighted by molar-refractivity contribution is 5.83. The number of hydrogen-bond acceptors (Lipinski definition) is 5. The van der Waals surface area contributed by atoms with E-state index in [0.29, 0.717) is 0 Å². The maximum absolute atomic E-state index is 5.68. The lowest BCUT2D eigenvalue weighted by Crippen LogP contribution is -2.02. The zero-order valence-corrected chi connectivity index (χ0v) is 12.2. The van der Waals surface area contributed by atoms with E-state index >= 15 is 0 Å². The summed E-state index contributed by atoms with van der Waals surface area (Å²) < 4.78 is 1.77. The van der Waals surface area contributed by atoms with Crippen molar-refractivity contribution >= 4 is 17.2 Å². The fraction of sp³-hybridized carbons (Fsp3) is 0.200. The summed E-state index contributed by atoms with van der Waals surface area (Å²) in [5.41, 5.74) is 11.6. The van der Waals surface area contributed by atoms with E-state index in [1.54, 1.807) is 11.6 Å². The lowest BCUT2D eigenvalue weighted by atomic mass is 10.0. The van der Waals surface area contributed by atoms with Crippen molar-refractivity contribution in [2.45, 2.75) is 13.8 Å². The van der Waals surface area contributed by atoms with E-state index in [1.165, 1.54) is 0 Å². The van der Waals surface area contributed by atoms with Crippen molar-refractivity contribution in [3.05, 3.63) is 41.7 Å². The van der Waals surface area contributed by atoms with Crippen LogP contribution in [0.1, 0.15) is 11.3 Å². The summed E-state index contributed by atoms with van der Waals surface area (Å²) >= 11 is 0. The van der Waals surface area contributed by atoms with Crippen molar-refractivity contribution in [3.8, 4) is 11.1 Å². The molecule has 6 nitrogen and oxygen atoms in total. The Morgan fingerprint density at radius 3 is 2.71 bits per heavy atom. The van der Waals surface area contributed by atoms with Gasteiger partial charge in [0.25, 0.3) is 0 Å². The topological polar surface area (TPSA) is 80.9 Å². The van der Waals surface area contributed by atoms with Gasteiger partial charge in [0.2, 0.25) is 5.95 Å². The SMILES string of the molecule is CN=Nc1ccc(-c2ccn3nc(N)nc(C)c23)cc1C. The number of nitrogens with two attached hydrogens (primary N) is 1. The largest absolute Gasteiger partial charge is 0.367 e. The van der Waals surface area contributed by atoms with Crippen molar-refractivity contribution in [1.29, 1.82) is 0 Å². The van der Waals surface area contributed by atoms with Crippen molar-refractivity contribution in [3.63, 3.8) is 0 Å². The van der Waals surface area contributed by atoms with Crippen LogP contribution in [0.2, 0.25) is 0 Å².